The zero-order valence-corrected chi connectivity index (χ0v) is 9.94. The molecule has 0 aliphatic carbocycles. The normalized spacial score (nSPS) is 10.2. The van der Waals surface area contributed by atoms with Gasteiger partial charge in [-0.15, -0.1) is 5.10 Å². The second kappa shape index (κ2) is 4.97. The number of aryl methyl sites for hydroxylation is 1. The van der Waals surface area contributed by atoms with E-state index in [4.69, 9.17) is 5.11 Å². The van der Waals surface area contributed by atoms with Gasteiger partial charge in [0.1, 0.15) is 5.03 Å². The Kier molecular flexibility index (Phi) is 3.39. The fourth-order valence-corrected chi connectivity index (χ4v) is 2.05. The molecule has 1 aromatic heterocycles. The minimum atomic E-state index is -0.928. The summed E-state index contributed by atoms with van der Waals surface area (Å²) in [5, 5.41) is 17.6. The maximum absolute atomic E-state index is 10.8. The number of carboxylic acid groups (broad SMARTS) is 1. The van der Waals surface area contributed by atoms with E-state index in [1.807, 2.05) is 25.1 Å². The third-order valence-corrected chi connectivity index (χ3v) is 2.99. The SMILES string of the molecule is Cc1ccc(Sc2cccc(C(=O)O)c2)nn1. The Morgan fingerprint density at radius 1 is 1.24 bits per heavy atom. The minimum absolute atomic E-state index is 0.273. The van der Waals surface area contributed by atoms with Crippen molar-refractivity contribution < 1.29 is 9.90 Å². The highest BCUT2D eigenvalue weighted by Crippen LogP contribution is 2.26. The first-order valence-electron chi connectivity index (χ1n) is 4.97. The molecule has 1 aromatic carbocycles. The highest BCUT2D eigenvalue weighted by atomic mass is 32.2. The third kappa shape index (κ3) is 3.04. The predicted molar refractivity (Wildman–Crippen MR) is 64.3 cm³/mol. The minimum Gasteiger partial charge on any atom is -0.478 e. The zero-order valence-electron chi connectivity index (χ0n) is 9.12. The van der Waals surface area contributed by atoms with E-state index in [2.05, 4.69) is 10.2 Å². The van der Waals surface area contributed by atoms with Crippen LogP contribution in [-0.2, 0) is 0 Å². The number of aromatic carboxylic acids is 1. The van der Waals surface area contributed by atoms with Crippen molar-refractivity contribution in [1.29, 1.82) is 0 Å². The van der Waals surface area contributed by atoms with Gasteiger partial charge in [-0.1, -0.05) is 17.8 Å². The lowest BCUT2D eigenvalue weighted by atomic mass is 10.2. The topological polar surface area (TPSA) is 63.1 Å². The van der Waals surface area contributed by atoms with E-state index < -0.39 is 5.97 Å². The van der Waals surface area contributed by atoms with Crippen molar-refractivity contribution >= 4 is 17.7 Å². The van der Waals surface area contributed by atoms with Crippen LogP contribution in [0.25, 0.3) is 0 Å². The molecule has 0 spiro atoms. The summed E-state index contributed by atoms with van der Waals surface area (Å²) in [6.07, 6.45) is 0. The number of hydrogen-bond donors (Lipinski definition) is 1. The summed E-state index contributed by atoms with van der Waals surface area (Å²) < 4.78 is 0. The van der Waals surface area contributed by atoms with Crippen molar-refractivity contribution in [2.75, 3.05) is 0 Å². The van der Waals surface area contributed by atoms with E-state index in [0.717, 1.165) is 15.6 Å². The predicted octanol–water partition coefficient (Wildman–Crippen LogP) is 2.63. The number of hydrogen-bond acceptors (Lipinski definition) is 4. The molecule has 0 fully saturated rings. The first-order chi connectivity index (χ1) is 8.15. The lowest BCUT2D eigenvalue weighted by Gasteiger charge is -2.01. The smallest absolute Gasteiger partial charge is 0.335 e. The van der Waals surface area contributed by atoms with Gasteiger partial charge in [-0.3, -0.25) is 0 Å². The average Bonchev–Trinajstić information content (AvgIpc) is 2.32. The van der Waals surface area contributed by atoms with Crippen LogP contribution in [0.4, 0.5) is 0 Å². The van der Waals surface area contributed by atoms with Gasteiger partial charge in [0.05, 0.1) is 11.3 Å². The molecule has 0 saturated carbocycles. The average molecular weight is 246 g/mol. The Bertz CT molecular complexity index is 540. The molecule has 0 amide bonds. The largest absolute Gasteiger partial charge is 0.478 e. The Morgan fingerprint density at radius 3 is 2.71 bits per heavy atom. The number of nitrogens with zero attached hydrogens (tertiary/aromatic N) is 2. The van der Waals surface area contributed by atoms with Crippen LogP contribution >= 0.6 is 11.8 Å². The van der Waals surface area contributed by atoms with Crippen molar-refractivity contribution in [2.24, 2.45) is 0 Å². The molecule has 0 aliphatic heterocycles. The number of rotatable bonds is 3. The van der Waals surface area contributed by atoms with Crippen LogP contribution in [0, 0.1) is 6.92 Å². The second-order valence-electron chi connectivity index (χ2n) is 3.45. The lowest BCUT2D eigenvalue weighted by Crippen LogP contribution is -1.95. The summed E-state index contributed by atoms with van der Waals surface area (Å²) in [6, 6.07) is 10.5. The third-order valence-electron chi connectivity index (χ3n) is 2.08. The van der Waals surface area contributed by atoms with E-state index in [1.54, 1.807) is 18.2 Å². The molecular formula is C12H10N2O2S. The van der Waals surface area contributed by atoms with Crippen LogP contribution < -0.4 is 0 Å². The van der Waals surface area contributed by atoms with Crippen molar-refractivity contribution in [1.82, 2.24) is 10.2 Å². The van der Waals surface area contributed by atoms with Crippen molar-refractivity contribution in [2.45, 2.75) is 16.8 Å². The van der Waals surface area contributed by atoms with Crippen molar-refractivity contribution in [3.63, 3.8) is 0 Å². The van der Waals surface area contributed by atoms with Gasteiger partial charge in [-0.05, 0) is 37.3 Å². The Hall–Kier alpha value is -1.88. The van der Waals surface area contributed by atoms with Gasteiger partial charge in [0, 0.05) is 4.90 Å². The van der Waals surface area contributed by atoms with E-state index >= 15 is 0 Å². The Morgan fingerprint density at radius 2 is 2.06 bits per heavy atom. The van der Waals surface area contributed by atoms with Crippen LogP contribution in [-0.4, -0.2) is 21.3 Å². The van der Waals surface area contributed by atoms with Crippen LogP contribution in [0.15, 0.2) is 46.3 Å². The quantitative estimate of drug-likeness (QED) is 0.902. The summed E-state index contributed by atoms with van der Waals surface area (Å²) in [6.45, 7) is 1.87. The molecule has 2 rings (SSSR count). The molecule has 86 valence electrons. The van der Waals surface area contributed by atoms with Crippen LogP contribution in [0.5, 0.6) is 0 Å². The summed E-state index contributed by atoms with van der Waals surface area (Å²) in [7, 11) is 0. The number of aromatic nitrogens is 2. The number of carbonyl (C=O) groups is 1. The summed E-state index contributed by atoms with van der Waals surface area (Å²) >= 11 is 1.39. The van der Waals surface area contributed by atoms with E-state index in [0.29, 0.717) is 0 Å². The maximum atomic E-state index is 10.8. The van der Waals surface area contributed by atoms with Crippen LogP contribution in [0.2, 0.25) is 0 Å². The fourth-order valence-electron chi connectivity index (χ4n) is 1.25. The maximum Gasteiger partial charge on any atom is 0.335 e. The first kappa shape index (κ1) is 11.6. The van der Waals surface area contributed by atoms with Gasteiger partial charge in [-0.2, -0.15) is 5.10 Å². The van der Waals surface area contributed by atoms with Gasteiger partial charge in [0.15, 0.2) is 0 Å². The Balaban J connectivity index is 2.21. The molecule has 5 heteroatoms. The molecule has 2 aromatic rings. The van der Waals surface area contributed by atoms with Crippen LogP contribution in [0.1, 0.15) is 16.1 Å². The molecule has 0 unspecified atom stereocenters. The van der Waals surface area contributed by atoms with Crippen molar-refractivity contribution in [3.8, 4) is 0 Å². The van der Waals surface area contributed by atoms with E-state index in [-0.39, 0.29) is 5.56 Å². The summed E-state index contributed by atoms with van der Waals surface area (Å²) in [5.41, 5.74) is 1.13. The van der Waals surface area contributed by atoms with E-state index in [9.17, 15) is 4.79 Å². The second-order valence-corrected chi connectivity index (χ2v) is 4.54. The number of benzene rings is 1. The molecule has 17 heavy (non-hydrogen) atoms. The van der Waals surface area contributed by atoms with Gasteiger partial charge < -0.3 is 5.11 Å². The van der Waals surface area contributed by atoms with Crippen molar-refractivity contribution in [3.05, 3.63) is 47.7 Å². The molecule has 0 radical (unpaired) electrons. The monoisotopic (exact) mass is 246 g/mol. The summed E-state index contributed by atoms with van der Waals surface area (Å²) in [5.74, 6) is -0.928. The zero-order chi connectivity index (χ0) is 12.3. The highest BCUT2D eigenvalue weighted by molar-refractivity contribution is 7.99. The standard InChI is InChI=1S/C12H10N2O2S/c1-8-5-6-11(14-13-8)17-10-4-2-3-9(7-10)12(15)16/h2-7H,1H3,(H,15,16). The van der Waals surface area contributed by atoms with Gasteiger partial charge >= 0.3 is 5.97 Å². The highest BCUT2D eigenvalue weighted by Gasteiger charge is 2.05. The molecule has 0 aliphatic rings. The van der Waals surface area contributed by atoms with Gasteiger partial charge in [-0.25, -0.2) is 4.79 Å². The molecule has 0 bridgehead atoms. The van der Waals surface area contributed by atoms with E-state index in [1.165, 1.54) is 11.8 Å². The first-order valence-corrected chi connectivity index (χ1v) is 5.78. The van der Waals surface area contributed by atoms with Gasteiger partial charge in [0.2, 0.25) is 0 Å². The fraction of sp³-hybridized carbons (Fsp3) is 0.0833. The Labute approximate surface area is 103 Å². The molecule has 1 N–H and O–H groups in total. The molecule has 0 saturated heterocycles. The lowest BCUT2D eigenvalue weighted by molar-refractivity contribution is 0.0696. The molecule has 4 nitrogen and oxygen atoms in total. The molecule has 0 atom stereocenters. The molecule has 1 heterocycles. The molecular weight excluding hydrogens is 236 g/mol. The van der Waals surface area contributed by atoms with Gasteiger partial charge in [0.25, 0.3) is 0 Å². The summed E-state index contributed by atoms with van der Waals surface area (Å²) in [4.78, 5) is 11.6. The number of carboxylic acids is 1. The van der Waals surface area contributed by atoms with Crippen LogP contribution in [0.3, 0.4) is 0 Å².